The smallest absolute Gasteiger partial charge is 0.255 e. The topological polar surface area (TPSA) is 197 Å². The zero-order valence-corrected chi connectivity index (χ0v) is 20.8. The van der Waals surface area contributed by atoms with Crippen LogP contribution in [-0.4, -0.2) is 85.9 Å². The standard InChI is InChI=1S/C27H25N3O9/c1-11-8-17(39-29-11)13-2-3-16(31)19-14(13)9-12-10-15-21(30-4-6-38-7-5-30)23(33)20(26(28)36)25(35)27(15,37)24(34)18(12)22(19)32/h2-3,8-9,15,21,31-32,35,37H,4-7,10H2,1H3,(H2,28,36)/t15-,21+,27-/m0/s1. The van der Waals surface area contributed by atoms with Gasteiger partial charge in [-0.1, -0.05) is 5.16 Å². The van der Waals surface area contributed by atoms with Crippen LogP contribution in [0.3, 0.4) is 0 Å². The maximum absolute atomic E-state index is 14.0. The number of hydrogen-bond acceptors (Lipinski definition) is 11. The van der Waals surface area contributed by atoms with Crippen LogP contribution in [0.2, 0.25) is 0 Å². The summed E-state index contributed by atoms with van der Waals surface area (Å²) in [7, 11) is 0. The lowest BCUT2D eigenvalue weighted by atomic mass is 9.61. The number of primary amides is 1. The van der Waals surface area contributed by atoms with Crippen molar-refractivity contribution in [3.05, 3.63) is 52.4 Å². The number of phenols is 2. The molecule has 1 aliphatic heterocycles. The first-order valence-electron chi connectivity index (χ1n) is 12.4. The van der Waals surface area contributed by atoms with E-state index in [2.05, 4.69) is 5.16 Å². The molecule has 3 aromatic rings. The van der Waals surface area contributed by atoms with Gasteiger partial charge in [0, 0.05) is 36.0 Å². The number of ketones is 2. The Morgan fingerprint density at radius 3 is 2.51 bits per heavy atom. The van der Waals surface area contributed by atoms with Crippen molar-refractivity contribution in [2.45, 2.75) is 25.0 Å². The highest BCUT2D eigenvalue weighted by atomic mass is 16.5. The molecule has 3 atom stereocenters. The van der Waals surface area contributed by atoms with Gasteiger partial charge in [0.2, 0.25) is 5.78 Å². The molecular formula is C27H25N3O9. The molecule has 0 radical (unpaired) electrons. The van der Waals surface area contributed by atoms with E-state index in [-0.39, 0.29) is 55.0 Å². The third-order valence-electron chi connectivity index (χ3n) is 7.96. The first-order chi connectivity index (χ1) is 18.6. The molecule has 1 aromatic heterocycles. The van der Waals surface area contributed by atoms with E-state index in [4.69, 9.17) is 15.0 Å². The maximum Gasteiger partial charge on any atom is 0.255 e. The summed E-state index contributed by atoms with van der Waals surface area (Å²) in [6, 6.07) is 4.99. The van der Waals surface area contributed by atoms with Crippen LogP contribution in [0, 0.1) is 12.8 Å². The summed E-state index contributed by atoms with van der Waals surface area (Å²) in [5, 5.41) is 49.0. The molecule has 1 saturated heterocycles. The van der Waals surface area contributed by atoms with Crippen LogP contribution >= 0.6 is 0 Å². The SMILES string of the molecule is Cc1cc(-c2ccc(O)c3c(O)c4c(cc23)C[C@H]2[C@@H](N3CCOCC3)C(=O)C(C(N)=O)=C(O)[C@@]2(O)C4=O)on1. The number of aromatic hydroxyl groups is 2. The van der Waals surface area contributed by atoms with Gasteiger partial charge in [0.15, 0.2) is 17.1 Å². The second-order valence-electron chi connectivity index (χ2n) is 10.1. The largest absolute Gasteiger partial charge is 0.508 e. The Morgan fingerprint density at radius 2 is 1.87 bits per heavy atom. The average molecular weight is 536 g/mol. The second kappa shape index (κ2) is 8.63. The summed E-state index contributed by atoms with van der Waals surface area (Å²) in [6.07, 6.45) is -0.129. The van der Waals surface area contributed by atoms with Gasteiger partial charge in [0.1, 0.15) is 22.8 Å². The number of aromatic nitrogens is 1. The number of hydrogen-bond donors (Lipinski definition) is 5. The van der Waals surface area contributed by atoms with E-state index < -0.39 is 52.1 Å². The molecule has 0 unspecified atom stereocenters. The normalized spacial score (nSPS) is 25.6. The molecule has 1 amide bonds. The number of amides is 1. The number of rotatable bonds is 3. The molecule has 0 bridgehead atoms. The third kappa shape index (κ3) is 3.42. The van der Waals surface area contributed by atoms with Gasteiger partial charge >= 0.3 is 0 Å². The lowest BCUT2D eigenvalue weighted by Gasteiger charge is -2.49. The van der Waals surface area contributed by atoms with Crippen molar-refractivity contribution in [3.63, 3.8) is 0 Å². The predicted octanol–water partition coefficient (Wildman–Crippen LogP) is 0.881. The summed E-state index contributed by atoms with van der Waals surface area (Å²) in [5.41, 5.74) is 2.87. The summed E-state index contributed by atoms with van der Waals surface area (Å²) >= 11 is 0. The zero-order chi connectivity index (χ0) is 27.8. The van der Waals surface area contributed by atoms with Crippen LogP contribution in [0.25, 0.3) is 22.1 Å². The van der Waals surface area contributed by atoms with E-state index in [0.717, 1.165) is 0 Å². The van der Waals surface area contributed by atoms with Crippen molar-refractivity contribution in [3.8, 4) is 22.8 Å². The molecule has 2 heterocycles. The van der Waals surface area contributed by atoms with Gasteiger partial charge in [-0.25, -0.2) is 0 Å². The van der Waals surface area contributed by atoms with Crippen LogP contribution in [0.4, 0.5) is 0 Å². The van der Waals surface area contributed by atoms with Crippen molar-refractivity contribution < 1.29 is 44.1 Å². The molecule has 0 saturated carbocycles. The molecule has 202 valence electrons. The second-order valence-corrected chi connectivity index (χ2v) is 10.1. The van der Waals surface area contributed by atoms with Gasteiger partial charge in [-0.05, 0) is 37.1 Å². The Labute approximate surface area is 220 Å². The van der Waals surface area contributed by atoms with Crippen molar-refractivity contribution in [2.75, 3.05) is 26.3 Å². The van der Waals surface area contributed by atoms with E-state index in [1.807, 2.05) is 0 Å². The molecule has 12 nitrogen and oxygen atoms in total. The Hall–Kier alpha value is -4.26. The highest BCUT2D eigenvalue weighted by molar-refractivity contribution is 6.25. The number of benzene rings is 2. The third-order valence-corrected chi connectivity index (χ3v) is 7.96. The van der Waals surface area contributed by atoms with Gasteiger partial charge < -0.3 is 35.4 Å². The number of nitrogens with two attached hydrogens (primary N) is 1. The van der Waals surface area contributed by atoms with Crippen LogP contribution in [0.1, 0.15) is 21.6 Å². The number of fused-ring (bicyclic) bond motifs is 3. The van der Waals surface area contributed by atoms with Gasteiger partial charge in [-0.2, -0.15) is 0 Å². The number of ether oxygens (including phenoxy) is 1. The number of aryl methyl sites for hydroxylation is 1. The van der Waals surface area contributed by atoms with Gasteiger partial charge in [-0.15, -0.1) is 0 Å². The summed E-state index contributed by atoms with van der Waals surface area (Å²) in [4.78, 5) is 41.5. The Bertz CT molecular complexity index is 1620. The van der Waals surface area contributed by atoms with Crippen LogP contribution < -0.4 is 5.73 Å². The molecular weight excluding hydrogens is 510 g/mol. The molecule has 2 aromatic carbocycles. The maximum atomic E-state index is 14.0. The molecule has 6 N–H and O–H groups in total. The predicted molar refractivity (Wildman–Crippen MR) is 134 cm³/mol. The lowest BCUT2D eigenvalue weighted by Crippen LogP contribution is -2.66. The average Bonchev–Trinajstić information content (AvgIpc) is 3.32. The quantitative estimate of drug-likeness (QED) is 0.299. The van der Waals surface area contributed by atoms with E-state index in [0.29, 0.717) is 22.4 Å². The van der Waals surface area contributed by atoms with E-state index in [1.165, 1.54) is 6.07 Å². The summed E-state index contributed by atoms with van der Waals surface area (Å²) < 4.78 is 10.8. The Balaban J connectivity index is 1.61. The van der Waals surface area contributed by atoms with E-state index in [1.54, 1.807) is 30.0 Å². The van der Waals surface area contributed by atoms with Crippen molar-refractivity contribution in [1.82, 2.24) is 10.1 Å². The highest BCUT2D eigenvalue weighted by Crippen LogP contribution is 2.51. The van der Waals surface area contributed by atoms with Crippen LogP contribution in [-0.2, 0) is 20.7 Å². The number of morpholine rings is 1. The first kappa shape index (κ1) is 25.0. The summed E-state index contributed by atoms with van der Waals surface area (Å²) in [6.45, 7) is 2.86. The number of Topliss-reactive ketones (excluding diaryl/α,β-unsaturated/α-hetero) is 2. The fraction of sp³-hybridized carbons (Fsp3) is 0.333. The van der Waals surface area contributed by atoms with Crippen molar-refractivity contribution >= 4 is 28.2 Å². The monoisotopic (exact) mass is 535 g/mol. The minimum absolute atomic E-state index is 0.0779. The molecule has 39 heavy (non-hydrogen) atoms. The fourth-order valence-corrected chi connectivity index (χ4v) is 6.17. The van der Waals surface area contributed by atoms with Crippen molar-refractivity contribution in [2.24, 2.45) is 11.7 Å². The zero-order valence-electron chi connectivity index (χ0n) is 20.8. The van der Waals surface area contributed by atoms with Gasteiger partial charge in [0.25, 0.3) is 5.91 Å². The Kier molecular flexibility index (Phi) is 5.54. The molecule has 6 rings (SSSR count). The van der Waals surface area contributed by atoms with Crippen molar-refractivity contribution in [1.29, 1.82) is 0 Å². The number of phenolic OH excluding ortho intramolecular Hbond substituents is 2. The lowest BCUT2D eigenvalue weighted by molar-refractivity contribution is -0.136. The highest BCUT2D eigenvalue weighted by Gasteiger charge is 2.62. The van der Waals surface area contributed by atoms with Gasteiger partial charge in [0.05, 0.1) is 35.9 Å². The van der Waals surface area contributed by atoms with Gasteiger partial charge in [-0.3, -0.25) is 19.3 Å². The number of carbonyl (C=O) groups is 3. The molecule has 3 aliphatic rings. The van der Waals surface area contributed by atoms with Crippen LogP contribution in [0.15, 0.2) is 40.1 Å². The number of aliphatic hydroxyl groups excluding tert-OH is 1. The molecule has 0 spiro atoms. The Morgan fingerprint density at radius 1 is 1.15 bits per heavy atom. The fourth-order valence-electron chi connectivity index (χ4n) is 6.17. The van der Waals surface area contributed by atoms with E-state index in [9.17, 15) is 34.8 Å². The number of carbonyl (C=O) groups excluding carboxylic acids is 3. The van der Waals surface area contributed by atoms with E-state index >= 15 is 0 Å². The summed E-state index contributed by atoms with van der Waals surface area (Å²) in [5.74, 6) is -6.15. The minimum Gasteiger partial charge on any atom is -0.508 e. The number of aliphatic hydroxyl groups is 2. The number of nitrogens with zero attached hydrogens (tertiary/aromatic N) is 2. The molecule has 1 fully saturated rings. The first-order valence-corrected chi connectivity index (χ1v) is 12.4. The molecule has 2 aliphatic carbocycles. The molecule has 12 heteroatoms. The minimum atomic E-state index is -2.73. The van der Waals surface area contributed by atoms with Crippen LogP contribution in [0.5, 0.6) is 11.5 Å².